The molecule has 0 radical (unpaired) electrons. The number of rotatable bonds is 6. The first-order valence-electron chi connectivity index (χ1n) is 9.99. The Morgan fingerprint density at radius 3 is 2.77 bits per heavy atom. The number of ether oxygens (including phenoxy) is 1. The molecule has 0 saturated carbocycles. The third-order valence-corrected chi connectivity index (χ3v) is 8.49. The Bertz CT molecular complexity index is 1180. The Morgan fingerprint density at radius 2 is 2.07 bits per heavy atom. The van der Waals surface area contributed by atoms with E-state index in [1.807, 2.05) is 30.3 Å². The van der Waals surface area contributed by atoms with Gasteiger partial charge in [0.25, 0.3) is 5.19 Å². The maximum Gasteiger partial charge on any atom is 0.279 e. The Hall–Kier alpha value is -1.71. The molecule has 0 amide bonds. The summed E-state index contributed by atoms with van der Waals surface area (Å²) in [7, 11) is -3.07. The second kappa shape index (κ2) is 7.76. The zero-order valence-corrected chi connectivity index (χ0v) is 18.9. The van der Waals surface area contributed by atoms with Gasteiger partial charge in [0, 0.05) is 17.9 Å². The molecule has 9 heteroatoms. The number of hydrogen-bond donors (Lipinski definition) is 1. The van der Waals surface area contributed by atoms with E-state index in [0.29, 0.717) is 22.8 Å². The number of thiazole rings is 1. The van der Waals surface area contributed by atoms with Crippen molar-refractivity contribution in [2.45, 2.75) is 24.9 Å². The van der Waals surface area contributed by atoms with Crippen LogP contribution >= 0.6 is 22.9 Å². The molecule has 3 unspecified atom stereocenters. The molecular formula is C21H23ClN3O3S2+. The predicted molar refractivity (Wildman–Crippen MR) is 119 cm³/mol. The number of halogens is 1. The van der Waals surface area contributed by atoms with E-state index in [1.165, 1.54) is 28.1 Å². The largest absolute Gasteiger partial charge is 0.431 e. The molecule has 2 aromatic carbocycles. The van der Waals surface area contributed by atoms with Crippen molar-refractivity contribution in [1.29, 1.82) is 0 Å². The topological polar surface area (TPSA) is 63.9 Å². The van der Waals surface area contributed by atoms with E-state index in [-0.39, 0.29) is 6.04 Å². The van der Waals surface area contributed by atoms with Gasteiger partial charge in [-0.05, 0) is 35.9 Å². The lowest BCUT2D eigenvalue weighted by molar-refractivity contribution is -0.915. The summed E-state index contributed by atoms with van der Waals surface area (Å²) in [5, 5.41) is 1.30. The van der Waals surface area contributed by atoms with E-state index in [1.54, 1.807) is 4.31 Å². The first-order chi connectivity index (χ1) is 14.3. The standard InChI is InChI=1S/C21H22ClN3O3S2/c1-30(26,27)25-13-16-11-17(25)12-24(16)9-8-14-2-5-18(6-3-14)28-21-23-19-7-4-15(22)10-20(19)29-21/h2-7,10,16-17H,8-9,11-13H2,1H3/p+1. The fourth-order valence-corrected chi connectivity index (χ4v) is 6.86. The summed E-state index contributed by atoms with van der Waals surface area (Å²) in [6.07, 6.45) is 3.28. The van der Waals surface area contributed by atoms with Crippen LogP contribution in [-0.4, -0.2) is 55.7 Å². The summed E-state index contributed by atoms with van der Waals surface area (Å²) < 4.78 is 32.3. The minimum atomic E-state index is -3.07. The zero-order valence-electron chi connectivity index (χ0n) is 16.5. The Labute approximate surface area is 185 Å². The molecule has 2 fully saturated rings. The minimum absolute atomic E-state index is 0.180. The molecule has 0 spiro atoms. The van der Waals surface area contributed by atoms with Gasteiger partial charge >= 0.3 is 0 Å². The van der Waals surface area contributed by atoms with Crippen LogP contribution in [0.15, 0.2) is 42.5 Å². The summed E-state index contributed by atoms with van der Waals surface area (Å²) in [6, 6.07) is 14.4. The number of quaternary nitrogens is 1. The van der Waals surface area contributed by atoms with Gasteiger partial charge in [0.2, 0.25) is 10.0 Å². The van der Waals surface area contributed by atoms with Crippen LogP contribution in [-0.2, 0) is 16.4 Å². The lowest BCUT2D eigenvalue weighted by Gasteiger charge is -2.30. The maximum atomic E-state index is 11.8. The smallest absolute Gasteiger partial charge is 0.279 e. The number of hydrogen-bond acceptors (Lipinski definition) is 5. The average Bonchev–Trinajstić information content (AvgIpc) is 3.40. The predicted octanol–water partition coefficient (Wildman–Crippen LogP) is 2.59. The lowest BCUT2D eigenvalue weighted by Crippen LogP contribution is -3.16. The SMILES string of the molecule is CS(=O)(=O)N1CC2CC1C[NH+]2CCc1ccc(Oc2nc3ccc(Cl)cc3s2)cc1. The molecule has 30 heavy (non-hydrogen) atoms. The molecule has 2 aliphatic heterocycles. The zero-order chi connectivity index (χ0) is 20.9. The summed E-state index contributed by atoms with van der Waals surface area (Å²) >= 11 is 7.52. The first kappa shape index (κ1) is 20.2. The molecule has 3 atom stereocenters. The minimum Gasteiger partial charge on any atom is -0.431 e. The number of likely N-dealkylation sites (tertiary alicyclic amines) is 1. The highest BCUT2D eigenvalue weighted by Crippen LogP contribution is 2.32. The van der Waals surface area contributed by atoms with Crippen LogP contribution in [0.3, 0.4) is 0 Å². The molecular weight excluding hydrogens is 442 g/mol. The Kier molecular flexibility index (Phi) is 5.23. The molecule has 2 aliphatic rings. The van der Waals surface area contributed by atoms with Crippen molar-refractivity contribution in [2.24, 2.45) is 0 Å². The van der Waals surface area contributed by atoms with Crippen LogP contribution in [0.5, 0.6) is 10.9 Å². The number of piperazine rings is 1. The number of aromatic nitrogens is 1. The maximum absolute atomic E-state index is 11.8. The van der Waals surface area contributed by atoms with Gasteiger partial charge in [0.1, 0.15) is 11.8 Å². The molecule has 1 aromatic heterocycles. The van der Waals surface area contributed by atoms with Crippen molar-refractivity contribution in [1.82, 2.24) is 9.29 Å². The number of benzene rings is 2. The highest BCUT2D eigenvalue weighted by atomic mass is 35.5. The van der Waals surface area contributed by atoms with Crippen LogP contribution in [0.25, 0.3) is 10.2 Å². The van der Waals surface area contributed by atoms with E-state index in [9.17, 15) is 8.42 Å². The van der Waals surface area contributed by atoms with Crippen molar-refractivity contribution in [3.8, 4) is 10.9 Å². The Balaban J connectivity index is 1.17. The van der Waals surface area contributed by atoms with Crippen molar-refractivity contribution in [2.75, 3.05) is 25.9 Å². The molecule has 158 valence electrons. The molecule has 0 aliphatic carbocycles. The van der Waals surface area contributed by atoms with Gasteiger partial charge in [-0.1, -0.05) is 35.1 Å². The van der Waals surface area contributed by atoms with Crippen molar-refractivity contribution >= 4 is 43.2 Å². The number of fused-ring (bicyclic) bond motifs is 3. The van der Waals surface area contributed by atoms with Gasteiger partial charge in [-0.15, -0.1) is 0 Å². The average molecular weight is 465 g/mol. The van der Waals surface area contributed by atoms with Crippen molar-refractivity contribution < 1.29 is 18.1 Å². The third-order valence-electron chi connectivity index (χ3n) is 6.06. The highest BCUT2D eigenvalue weighted by molar-refractivity contribution is 7.88. The van der Waals surface area contributed by atoms with Crippen molar-refractivity contribution in [3.05, 3.63) is 53.1 Å². The monoisotopic (exact) mass is 464 g/mol. The second-order valence-corrected chi connectivity index (χ2v) is 11.5. The third kappa shape index (κ3) is 4.07. The van der Waals surface area contributed by atoms with E-state index in [4.69, 9.17) is 16.3 Å². The van der Waals surface area contributed by atoms with Gasteiger partial charge in [-0.3, -0.25) is 0 Å². The molecule has 1 N–H and O–H groups in total. The van der Waals surface area contributed by atoms with Crippen LogP contribution in [0.1, 0.15) is 12.0 Å². The van der Waals surface area contributed by atoms with Crippen LogP contribution < -0.4 is 9.64 Å². The molecule has 3 heterocycles. The van der Waals surface area contributed by atoms with Gasteiger partial charge in [0.05, 0.1) is 42.1 Å². The fraction of sp³-hybridized carbons (Fsp3) is 0.381. The quantitative estimate of drug-likeness (QED) is 0.609. The number of nitrogens with one attached hydrogen (secondary N) is 1. The molecule has 5 rings (SSSR count). The summed E-state index contributed by atoms with van der Waals surface area (Å²) in [5.41, 5.74) is 2.14. The van der Waals surface area contributed by atoms with E-state index in [2.05, 4.69) is 17.1 Å². The lowest BCUT2D eigenvalue weighted by atomic mass is 10.1. The fourth-order valence-electron chi connectivity index (χ4n) is 4.60. The second-order valence-electron chi connectivity index (χ2n) is 8.12. The normalized spacial score (nSPS) is 24.0. The van der Waals surface area contributed by atoms with E-state index < -0.39 is 10.0 Å². The van der Waals surface area contributed by atoms with Crippen LogP contribution in [0.4, 0.5) is 0 Å². The highest BCUT2D eigenvalue weighted by Gasteiger charge is 2.49. The number of sulfonamides is 1. The number of nitrogens with zero attached hydrogens (tertiary/aromatic N) is 2. The molecule has 2 saturated heterocycles. The van der Waals surface area contributed by atoms with E-state index >= 15 is 0 Å². The molecule has 2 bridgehead atoms. The van der Waals surface area contributed by atoms with Crippen LogP contribution in [0, 0.1) is 0 Å². The van der Waals surface area contributed by atoms with E-state index in [0.717, 1.165) is 41.9 Å². The Morgan fingerprint density at radius 1 is 1.27 bits per heavy atom. The van der Waals surface area contributed by atoms with Gasteiger partial charge < -0.3 is 9.64 Å². The van der Waals surface area contributed by atoms with Gasteiger partial charge in [-0.25, -0.2) is 13.4 Å². The first-order valence-corrected chi connectivity index (χ1v) is 13.0. The molecule has 3 aromatic rings. The van der Waals surface area contributed by atoms with Gasteiger partial charge in [-0.2, -0.15) is 4.31 Å². The summed E-state index contributed by atoms with van der Waals surface area (Å²) in [4.78, 5) is 6.01. The summed E-state index contributed by atoms with van der Waals surface area (Å²) in [5.74, 6) is 0.764. The van der Waals surface area contributed by atoms with Gasteiger partial charge in [0.15, 0.2) is 0 Å². The summed E-state index contributed by atoms with van der Waals surface area (Å²) in [6.45, 7) is 2.61. The molecule has 6 nitrogen and oxygen atoms in total. The van der Waals surface area contributed by atoms with Crippen LogP contribution in [0.2, 0.25) is 5.02 Å². The van der Waals surface area contributed by atoms with Crippen molar-refractivity contribution in [3.63, 3.8) is 0 Å².